The summed E-state index contributed by atoms with van der Waals surface area (Å²) in [6.07, 6.45) is 1.10. The Hall–Kier alpha value is 0.0899. The minimum Gasteiger partial charge on any atom is -0.320 e. The molecule has 0 aromatic heterocycles. The van der Waals surface area contributed by atoms with Gasteiger partial charge in [0.2, 0.25) is 0 Å². The second-order valence-corrected chi connectivity index (χ2v) is 3.75. The molecule has 0 spiro atoms. The molecule has 0 saturated heterocycles. The smallest absolute Gasteiger partial charge is 0.0862 e. The minimum absolute atomic E-state index is 0.290. The van der Waals surface area contributed by atoms with E-state index in [4.69, 9.17) is 15.7 Å². The maximum absolute atomic E-state index is 5.44. The van der Waals surface area contributed by atoms with Crippen LogP contribution in [0.4, 0.5) is 0 Å². The van der Waals surface area contributed by atoms with Crippen molar-refractivity contribution in [3.05, 3.63) is 0 Å². The van der Waals surface area contributed by atoms with E-state index in [1.54, 1.807) is 0 Å². The lowest BCUT2D eigenvalue weighted by atomic mass is 9.93. The Labute approximate surface area is 67.0 Å². The first kappa shape index (κ1) is 10.1. The Bertz CT molecular complexity index is 84.1. The summed E-state index contributed by atoms with van der Waals surface area (Å²) >= 11 is 0. The summed E-state index contributed by atoms with van der Waals surface area (Å²) in [4.78, 5) is 2.01. The molecule has 3 heteroatoms. The summed E-state index contributed by atoms with van der Waals surface area (Å²) in [5, 5.41) is 0. The molecule has 54 valence electrons. The van der Waals surface area contributed by atoms with Crippen molar-refractivity contribution in [2.45, 2.75) is 20.8 Å². The summed E-state index contributed by atoms with van der Waals surface area (Å²) in [5.74, 6) is 0. The molecule has 0 heterocycles. The molecule has 0 N–H and O–H groups in total. The summed E-state index contributed by atoms with van der Waals surface area (Å²) in [7, 11) is 10.9. The van der Waals surface area contributed by atoms with Crippen molar-refractivity contribution in [1.29, 1.82) is 0 Å². The zero-order valence-electron chi connectivity index (χ0n) is 7.22. The van der Waals surface area contributed by atoms with E-state index in [1.165, 1.54) is 0 Å². The van der Waals surface area contributed by atoms with Crippen molar-refractivity contribution in [2.24, 2.45) is 5.41 Å². The van der Waals surface area contributed by atoms with Crippen LogP contribution in [0.5, 0.6) is 0 Å². The standard InChI is InChI=1S/C7H15B2N/c1-7(2,3)4-10(5-8)6-9/h4-6H2,1-3H3. The van der Waals surface area contributed by atoms with E-state index in [9.17, 15) is 0 Å². The van der Waals surface area contributed by atoms with Gasteiger partial charge in [0.1, 0.15) is 0 Å². The van der Waals surface area contributed by atoms with Gasteiger partial charge in [-0.2, -0.15) is 0 Å². The van der Waals surface area contributed by atoms with Crippen molar-refractivity contribution in [3.63, 3.8) is 0 Å². The van der Waals surface area contributed by atoms with Crippen LogP contribution in [-0.4, -0.2) is 40.0 Å². The number of nitrogens with zero attached hydrogens (tertiary/aromatic N) is 1. The lowest BCUT2D eigenvalue weighted by Gasteiger charge is -2.28. The van der Waals surface area contributed by atoms with E-state index in [1.807, 2.05) is 4.90 Å². The fraction of sp³-hybridized carbons (Fsp3) is 1.00. The van der Waals surface area contributed by atoms with E-state index >= 15 is 0 Å². The van der Waals surface area contributed by atoms with Crippen LogP contribution in [0, 0.1) is 5.41 Å². The molecule has 0 fully saturated rings. The maximum atomic E-state index is 5.44. The quantitative estimate of drug-likeness (QED) is 0.511. The highest BCUT2D eigenvalue weighted by Crippen LogP contribution is 2.13. The Morgan fingerprint density at radius 3 is 1.60 bits per heavy atom. The van der Waals surface area contributed by atoms with E-state index in [2.05, 4.69) is 20.8 Å². The second-order valence-electron chi connectivity index (χ2n) is 3.75. The Morgan fingerprint density at radius 2 is 1.50 bits per heavy atom. The van der Waals surface area contributed by atoms with Crippen molar-refractivity contribution < 1.29 is 0 Å². The maximum Gasteiger partial charge on any atom is 0.0862 e. The van der Waals surface area contributed by atoms with Gasteiger partial charge in [0, 0.05) is 6.54 Å². The normalized spacial score (nSPS) is 12.4. The van der Waals surface area contributed by atoms with Gasteiger partial charge in [-0.05, 0) is 18.3 Å². The summed E-state index contributed by atoms with van der Waals surface area (Å²) in [6, 6.07) is 0. The zero-order valence-corrected chi connectivity index (χ0v) is 7.22. The average molecular weight is 135 g/mol. The lowest BCUT2D eigenvalue weighted by Crippen LogP contribution is -2.34. The van der Waals surface area contributed by atoms with Crippen LogP contribution in [0.1, 0.15) is 20.8 Å². The fourth-order valence-electron chi connectivity index (χ4n) is 0.874. The molecule has 0 rings (SSSR count). The van der Waals surface area contributed by atoms with Gasteiger partial charge in [-0.1, -0.05) is 20.8 Å². The van der Waals surface area contributed by atoms with Gasteiger partial charge in [0.25, 0.3) is 0 Å². The van der Waals surface area contributed by atoms with E-state index in [0.717, 1.165) is 6.54 Å². The first-order valence-electron chi connectivity index (χ1n) is 3.62. The second kappa shape index (κ2) is 4.07. The van der Waals surface area contributed by atoms with Crippen molar-refractivity contribution in [3.8, 4) is 0 Å². The van der Waals surface area contributed by atoms with E-state index in [0.29, 0.717) is 18.3 Å². The third kappa shape index (κ3) is 4.92. The van der Waals surface area contributed by atoms with Crippen LogP contribution < -0.4 is 0 Å². The topological polar surface area (TPSA) is 3.24 Å². The summed E-state index contributed by atoms with van der Waals surface area (Å²) in [5.41, 5.74) is 0.290. The third-order valence-corrected chi connectivity index (χ3v) is 1.21. The van der Waals surface area contributed by atoms with Crippen LogP contribution >= 0.6 is 0 Å². The average Bonchev–Trinajstić information content (AvgIpc) is 1.81. The van der Waals surface area contributed by atoms with Crippen LogP contribution in [0.15, 0.2) is 0 Å². The largest absolute Gasteiger partial charge is 0.320 e. The highest BCUT2D eigenvalue weighted by molar-refractivity contribution is 6.11. The molecule has 0 aliphatic rings. The fourth-order valence-corrected chi connectivity index (χ4v) is 0.874. The minimum atomic E-state index is 0.290. The van der Waals surface area contributed by atoms with Crippen molar-refractivity contribution in [1.82, 2.24) is 4.90 Å². The monoisotopic (exact) mass is 135 g/mol. The zero-order chi connectivity index (χ0) is 8.20. The van der Waals surface area contributed by atoms with Gasteiger partial charge in [-0.15, -0.1) is 0 Å². The Balaban J connectivity index is 3.63. The van der Waals surface area contributed by atoms with Crippen LogP contribution in [-0.2, 0) is 0 Å². The van der Waals surface area contributed by atoms with Crippen molar-refractivity contribution in [2.75, 3.05) is 19.4 Å². The molecule has 0 aromatic rings. The van der Waals surface area contributed by atoms with Gasteiger partial charge in [-0.25, -0.2) is 0 Å². The Morgan fingerprint density at radius 1 is 1.10 bits per heavy atom. The van der Waals surface area contributed by atoms with E-state index in [-0.39, 0.29) is 0 Å². The molecule has 0 amide bonds. The molecule has 0 unspecified atom stereocenters. The molecule has 10 heavy (non-hydrogen) atoms. The molecule has 0 atom stereocenters. The molecule has 0 aromatic carbocycles. The van der Waals surface area contributed by atoms with Crippen LogP contribution in [0.2, 0.25) is 0 Å². The van der Waals surface area contributed by atoms with Gasteiger partial charge in [-0.3, -0.25) is 0 Å². The Kier molecular flexibility index (Phi) is 4.11. The first-order valence-corrected chi connectivity index (χ1v) is 3.62. The predicted molar refractivity (Wildman–Crippen MR) is 47.4 cm³/mol. The van der Waals surface area contributed by atoms with Gasteiger partial charge >= 0.3 is 0 Å². The molecule has 0 bridgehead atoms. The number of rotatable bonds is 3. The molecule has 4 radical (unpaired) electrons. The van der Waals surface area contributed by atoms with Gasteiger partial charge in [0.05, 0.1) is 15.7 Å². The SMILES string of the molecule is [B]CN(C[B])CC(C)(C)C. The van der Waals surface area contributed by atoms with Crippen molar-refractivity contribution >= 4 is 15.7 Å². The van der Waals surface area contributed by atoms with Gasteiger partial charge in [0.15, 0.2) is 0 Å². The molecular formula is C7H15B2N. The third-order valence-electron chi connectivity index (χ3n) is 1.21. The molecule has 0 aliphatic heterocycles. The van der Waals surface area contributed by atoms with E-state index < -0.39 is 0 Å². The predicted octanol–water partition coefficient (Wildman–Crippen LogP) is 0.586. The summed E-state index contributed by atoms with van der Waals surface area (Å²) in [6.45, 7) is 7.47. The first-order chi connectivity index (χ1) is 4.49. The van der Waals surface area contributed by atoms with Gasteiger partial charge < -0.3 is 4.90 Å². The molecule has 1 nitrogen and oxygen atoms in total. The van der Waals surface area contributed by atoms with Crippen LogP contribution in [0.3, 0.4) is 0 Å². The van der Waals surface area contributed by atoms with Crippen LogP contribution in [0.25, 0.3) is 0 Å². The summed E-state index contributed by atoms with van der Waals surface area (Å²) < 4.78 is 0. The highest BCUT2D eigenvalue weighted by atomic mass is 15.1. The lowest BCUT2D eigenvalue weighted by molar-refractivity contribution is 0.243. The molecule has 0 saturated carbocycles. The number of hydrogen-bond acceptors (Lipinski definition) is 1. The number of hydrogen-bond donors (Lipinski definition) is 0. The molecule has 0 aliphatic carbocycles. The molecular weight excluding hydrogens is 120 g/mol. The highest BCUT2D eigenvalue weighted by Gasteiger charge is 2.12.